The molecule has 3 aromatic rings. The van der Waals surface area contributed by atoms with Crippen LogP contribution in [0.1, 0.15) is 49.2 Å². The molecule has 0 aliphatic carbocycles. The van der Waals surface area contributed by atoms with Crippen molar-refractivity contribution in [3.8, 4) is 5.75 Å². The summed E-state index contributed by atoms with van der Waals surface area (Å²) in [5.74, 6) is -0.191. The molecule has 10 heteroatoms. The second-order valence-corrected chi connectivity index (χ2v) is 9.75. The molecule has 4 rings (SSSR count). The summed E-state index contributed by atoms with van der Waals surface area (Å²) in [6.07, 6.45) is 3.37. The van der Waals surface area contributed by atoms with Crippen LogP contribution in [0.3, 0.4) is 0 Å². The average molecular weight is 512 g/mol. The summed E-state index contributed by atoms with van der Waals surface area (Å²) in [6.45, 7) is 9.14. The van der Waals surface area contributed by atoms with E-state index in [-0.39, 0.29) is 29.1 Å². The number of aromatic nitrogens is 4. The first-order chi connectivity index (χ1) is 16.9. The fourth-order valence-corrected chi connectivity index (χ4v) is 4.11. The number of pyridine rings is 2. The van der Waals surface area contributed by atoms with Gasteiger partial charge in [0, 0.05) is 36.1 Å². The molecule has 1 atom stereocenters. The molecule has 0 aromatic carbocycles. The molecule has 1 aliphatic rings. The van der Waals surface area contributed by atoms with E-state index in [1.54, 1.807) is 58.2 Å². The van der Waals surface area contributed by atoms with Gasteiger partial charge in [0.25, 0.3) is 5.56 Å². The summed E-state index contributed by atoms with van der Waals surface area (Å²) >= 11 is 6.43. The van der Waals surface area contributed by atoms with Crippen molar-refractivity contribution in [2.75, 3.05) is 6.54 Å². The maximum absolute atomic E-state index is 13.6. The van der Waals surface area contributed by atoms with Gasteiger partial charge in [0.15, 0.2) is 5.82 Å². The second kappa shape index (κ2) is 9.91. The Kier molecular flexibility index (Phi) is 7.06. The molecule has 188 valence electrons. The van der Waals surface area contributed by atoms with E-state index in [1.807, 2.05) is 6.92 Å². The molecule has 1 N–H and O–H groups in total. The lowest BCUT2D eigenvalue weighted by Gasteiger charge is -2.24. The lowest BCUT2D eigenvalue weighted by atomic mass is 10.0. The van der Waals surface area contributed by atoms with Gasteiger partial charge in [-0.1, -0.05) is 18.5 Å². The number of allylic oxidation sites excluding steroid dienone is 1. The normalized spacial score (nSPS) is 15.9. The molecule has 0 unspecified atom stereocenters. The van der Waals surface area contributed by atoms with Crippen LogP contribution in [0.25, 0.3) is 5.70 Å². The number of aryl methyl sites for hydroxylation is 2. The molecule has 4 heterocycles. The Morgan fingerprint density at radius 1 is 1.25 bits per heavy atom. The van der Waals surface area contributed by atoms with Gasteiger partial charge < -0.3 is 9.84 Å². The van der Waals surface area contributed by atoms with Gasteiger partial charge >= 0.3 is 0 Å². The number of aliphatic imine (C=N–C) groups is 1. The number of hydrogen-bond donors (Lipinski definition) is 1. The van der Waals surface area contributed by atoms with E-state index < -0.39 is 17.1 Å². The van der Waals surface area contributed by atoms with Crippen molar-refractivity contribution in [2.24, 2.45) is 10.9 Å². The fraction of sp³-hybridized carbons (Fsp3) is 0.346. The molecule has 0 saturated carbocycles. The third-order valence-corrected chi connectivity index (χ3v) is 6.06. The zero-order chi connectivity index (χ0) is 26.2. The first kappa shape index (κ1) is 25.7. The maximum atomic E-state index is 13.6. The van der Waals surface area contributed by atoms with E-state index in [2.05, 4.69) is 19.9 Å². The molecule has 0 amide bonds. The van der Waals surface area contributed by atoms with Crippen LogP contribution in [0, 0.1) is 25.7 Å². The predicted octanol–water partition coefficient (Wildman–Crippen LogP) is 4.23. The van der Waals surface area contributed by atoms with Crippen LogP contribution in [0.5, 0.6) is 5.75 Å². The van der Waals surface area contributed by atoms with Gasteiger partial charge in [0.05, 0.1) is 17.1 Å². The number of rotatable bonds is 6. The molecule has 0 fully saturated rings. The largest absolute Gasteiger partial charge is 0.485 e. The molecule has 0 spiro atoms. The highest BCUT2D eigenvalue weighted by atomic mass is 35.5. The van der Waals surface area contributed by atoms with Crippen molar-refractivity contribution in [3.63, 3.8) is 0 Å². The summed E-state index contributed by atoms with van der Waals surface area (Å²) in [5, 5.41) is 10.2. The van der Waals surface area contributed by atoms with Gasteiger partial charge in [-0.15, -0.1) is 0 Å². The van der Waals surface area contributed by atoms with Gasteiger partial charge in [0.1, 0.15) is 23.0 Å². The standard InChI is InChI=1S/C26H27ClFN5O3/c1-14-8-17(31-22(28)9-14)13-36-21-10-16(3)33(24(34)23(21)27)20-11-19(30-12-15(20)2)18-6-7-29-25(32-18)26(4,5)35/h6-11,15,35H,12-13H2,1-5H3/t15-/m1/s1. The van der Waals surface area contributed by atoms with Gasteiger partial charge in [-0.3, -0.25) is 14.4 Å². The van der Waals surface area contributed by atoms with E-state index in [1.165, 1.54) is 10.6 Å². The number of ether oxygens (including phenoxy) is 1. The summed E-state index contributed by atoms with van der Waals surface area (Å²) in [5.41, 5.74) is 1.91. The van der Waals surface area contributed by atoms with Crippen LogP contribution in [0.4, 0.5) is 4.39 Å². The molecule has 0 bridgehead atoms. The monoisotopic (exact) mass is 511 g/mol. The summed E-state index contributed by atoms with van der Waals surface area (Å²) in [6, 6.07) is 6.41. The predicted molar refractivity (Wildman–Crippen MR) is 136 cm³/mol. The van der Waals surface area contributed by atoms with Crippen LogP contribution in [-0.2, 0) is 12.2 Å². The SMILES string of the molecule is Cc1cc(F)nc(COc2cc(C)n(C3=CC(c4ccnc(C(C)(C)O)n4)=NC[C@H]3C)c(=O)c2Cl)c1. The first-order valence-corrected chi connectivity index (χ1v) is 11.8. The first-order valence-electron chi connectivity index (χ1n) is 11.4. The van der Waals surface area contributed by atoms with Crippen molar-refractivity contribution in [1.29, 1.82) is 0 Å². The highest BCUT2D eigenvalue weighted by Crippen LogP contribution is 2.28. The van der Waals surface area contributed by atoms with Crippen LogP contribution < -0.4 is 10.3 Å². The minimum Gasteiger partial charge on any atom is -0.485 e. The second-order valence-electron chi connectivity index (χ2n) is 9.37. The molecule has 8 nitrogen and oxygen atoms in total. The highest BCUT2D eigenvalue weighted by Gasteiger charge is 2.25. The summed E-state index contributed by atoms with van der Waals surface area (Å²) < 4.78 is 20.9. The van der Waals surface area contributed by atoms with Crippen LogP contribution in [-0.4, -0.2) is 36.9 Å². The van der Waals surface area contributed by atoms with Crippen molar-refractivity contribution in [2.45, 2.75) is 46.8 Å². The summed E-state index contributed by atoms with van der Waals surface area (Å²) in [4.78, 5) is 30.4. The van der Waals surface area contributed by atoms with Crippen molar-refractivity contribution < 1.29 is 14.2 Å². The lowest BCUT2D eigenvalue weighted by Crippen LogP contribution is -2.29. The number of hydrogen-bond acceptors (Lipinski definition) is 7. The smallest absolute Gasteiger partial charge is 0.277 e. The topological polar surface area (TPSA) is 102 Å². The molecular weight excluding hydrogens is 485 g/mol. The van der Waals surface area contributed by atoms with Gasteiger partial charge in [-0.05, 0) is 57.5 Å². The Labute approximate surface area is 213 Å². The molecule has 0 saturated heterocycles. The number of aliphatic hydroxyl groups is 1. The molecule has 3 aromatic heterocycles. The van der Waals surface area contributed by atoms with E-state index in [9.17, 15) is 14.3 Å². The van der Waals surface area contributed by atoms with Crippen molar-refractivity contribution >= 4 is 23.0 Å². The highest BCUT2D eigenvalue weighted by molar-refractivity contribution is 6.31. The Balaban J connectivity index is 1.68. The quantitative estimate of drug-likeness (QED) is 0.497. The molecule has 0 radical (unpaired) electrons. The Morgan fingerprint density at radius 3 is 2.69 bits per heavy atom. The third kappa shape index (κ3) is 5.37. The Morgan fingerprint density at radius 2 is 2.00 bits per heavy atom. The minimum atomic E-state index is -1.21. The van der Waals surface area contributed by atoms with E-state index in [0.717, 1.165) is 0 Å². The number of halogens is 2. The Bertz CT molecular complexity index is 1420. The Hall–Kier alpha value is -3.43. The molecule has 36 heavy (non-hydrogen) atoms. The van der Waals surface area contributed by atoms with Gasteiger partial charge in [-0.25, -0.2) is 15.0 Å². The van der Waals surface area contributed by atoms with E-state index >= 15 is 0 Å². The number of nitrogens with zero attached hydrogens (tertiary/aromatic N) is 5. The van der Waals surface area contributed by atoms with E-state index in [0.29, 0.717) is 40.6 Å². The average Bonchev–Trinajstić information content (AvgIpc) is 2.80. The van der Waals surface area contributed by atoms with Gasteiger partial charge in [0.2, 0.25) is 5.95 Å². The zero-order valence-electron chi connectivity index (χ0n) is 20.7. The van der Waals surface area contributed by atoms with Crippen molar-refractivity contribution in [1.82, 2.24) is 19.5 Å². The van der Waals surface area contributed by atoms with Crippen LogP contribution in [0.2, 0.25) is 5.02 Å². The maximum Gasteiger partial charge on any atom is 0.277 e. The lowest BCUT2D eigenvalue weighted by molar-refractivity contribution is 0.0686. The van der Waals surface area contributed by atoms with Crippen LogP contribution in [0.15, 0.2) is 46.3 Å². The zero-order valence-corrected chi connectivity index (χ0v) is 21.5. The third-order valence-electron chi connectivity index (χ3n) is 5.72. The number of dihydropyridines is 1. The van der Waals surface area contributed by atoms with E-state index in [4.69, 9.17) is 16.3 Å². The van der Waals surface area contributed by atoms with Crippen LogP contribution >= 0.6 is 11.6 Å². The molecule has 1 aliphatic heterocycles. The summed E-state index contributed by atoms with van der Waals surface area (Å²) in [7, 11) is 0. The van der Waals surface area contributed by atoms with Crippen molar-refractivity contribution in [3.05, 3.63) is 86.3 Å². The fourth-order valence-electron chi connectivity index (χ4n) is 3.92. The van der Waals surface area contributed by atoms with Gasteiger partial charge in [-0.2, -0.15) is 4.39 Å². The minimum absolute atomic E-state index is 0.0334. The molecular formula is C26H27ClFN5O3.